The van der Waals surface area contributed by atoms with Crippen LogP contribution in [0.25, 0.3) is 0 Å². The zero-order valence-corrected chi connectivity index (χ0v) is 10.4. The van der Waals surface area contributed by atoms with E-state index in [2.05, 4.69) is 5.32 Å². The molecule has 0 aliphatic rings. The normalized spacial score (nSPS) is 16.2. The molecule has 1 rings (SSSR count). The molecule has 1 aromatic carbocycles. The molecule has 0 aromatic heterocycles. The van der Waals surface area contributed by atoms with Crippen molar-refractivity contribution >= 4 is 5.97 Å². The third kappa shape index (κ3) is 3.84. The minimum Gasteiger partial charge on any atom is -0.479 e. The lowest BCUT2D eigenvalue weighted by atomic mass is 10.0. The number of carboxylic acid groups (broad SMARTS) is 1. The summed E-state index contributed by atoms with van der Waals surface area (Å²) in [7, 11) is 0. The molecule has 0 saturated carbocycles. The van der Waals surface area contributed by atoms with Gasteiger partial charge in [0.1, 0.15) is 0 Å². The molecule has 0 aliphatic heterocycles. The van der Waals surface area contributed by atoms with Crippen LogP contribution in [-0.2, 0) is 4.79 Å². The van der Waals surface area contributed by atoms with Gasteiger partial charge in [-0.3, -0.25) is 0 Å². The maximum Gasteiger partial charge on any atom is 0.336 e. The average molecular weight is 237 g/mol. The number of aliphatic hydroxyl groups is 1. The van der Waals surface area contributed by atoms with Crippen LogP contribution in [0.15, 0.2) is 24.3 Å². The van der Waals surface area contributed by atoms with Crippen LogP contribution in [0.2, 0.25) is 0 Å². The number of aryl methyl sites for hydroxylation is 1. The lowest BCUT2D eigenvalue weighted by molar-refractivity contribution is -0.156. The standard InChI is InChI=1S/C13H19NO3/c1-9-5-4-6-11(7-9)10(2)14-8-13(3,17)12(15)16/h4-7,10,14,17H,8H2,1-3H3,(H,15,16)/t10-,13?/m0/s1. The molecule has 17 heavy (non-hydrogen) atoms. The summed E-state index contributed by atoms with van der Waals surface area (Å²) in [6.45, 7) is 5.24. The minimum absolute atomic E-state index is 0.000671. The number of nitrogens with one attached hydrogen (secondary N) is 1. The van der Waals surface area contributed by atoms with E-state index >= 15 is 0 Å². The molecule has 0 bridgehead atoms. The molecule has 2 atom stereocenters. The fourth-order valence-electron chi connectivity index (χ4n) is 1.48. The highest BCUT2D eigenvalue weighted by Gasteiger charge is 2.29. The van der Waals surface area contributed by atoms with E-state index in [9.17, 15) is 9.90 Å². The summed E-state index contributed by atoms with van der Waals surface area (Å²) in [5, 5.41) is 21.4. The Kier molecular flexibility index (Phi) is 4.26. The van der Waals surface area contributed by atoms with E-state index in [0.29, 0.717) is 0 Å². The Morgan fingerprint density at radius 3 is 2.71 bits per heavy atom. The summed E-state index contributed by atoms with van der Waals surface area (Å²) in [4.78, 5) is 10.7. The summed E-state index contributed by atoms with van der Waals surface area (Å²) in [5.41, 5.74) is 0.491. The third-order valence-corrected chi connectivity index (χ3v) is 2.76. The highest BCUT2D eigenvalue weighted by Crippen LogP contribution is 2.14. The molecule has 4 nitrogen and oxygen atoms in total. The first-order valence-electron chi connectivity index (χ1n) is 5.58. The van der Waals surface area contributed by atoms with Crippen molar-refractivity contribution in [2.24, 2.45) is 0 Å². The number of rotatable bonds is 5. The fraction of sp³-hybridized carbons (Fsp3) is 0.462. The van der Waals surface area contributed by atoms with E-state index in [-0.39, 0.29) is 12.6 Å². The first-order chi connectivity index (χ1) is 7.83. The van der Waals surface area contributed by atoms with Gasteiger partial charge in [-0.05, 0) is 26.3 Å². The number of benzene rings is 1. The van der Waals surface area contributed by atoms with Gasteiger partial charge in [0.15, 0.2) is 5.60 Å². The van der Waals surface area contributed by atoms with Crippen molar-refractivity contribution in [3.05, 3.63) is 35.4 Å². The number of carboxylic acids is 1. The van der Waals surface area contributed by atoms with Gasteiger partial charge in [-0.1, -0.05) is 29.8 Å². The summed E-state index contributed by atoms with van der Waals surface area (Å²) in [6.07, 6.45) is 0. The molecule has 0 amide bonds. The fourth-order valence-corrected chi connectivity index (χ4v) is 1.48. The summed E-state index contributed by atoms with van der Waals surface area (Å²) in [6, 6.07) is 7.97. The second-order valence-corrected chi connectivity index (χ2v) is 4.60. The molecule has 0 heterocycles. The maximum absolute atomic E-state index is 10.7. The Balaban J connectivity index is 2.62. The quantitative estimate of drug-likeness (QED) is 0.725. The molecule has 0 fully saturated rings. The smallest absolute Gasteiger partial charge is 0.336 e. The molecule has 4 heteroatoms. The zero-order valence-electron chi connectivity index (χ0n) is 10.4. The van der Waals surface area contributed by atoms with Crippen molar-refractivity contribution in [2.45, 2.75) is 32.4 Å². The zero-order chi connectivity index (χ0) is 13.1. The first kappa shape index (κ1) is 13.7. The molecule has 0 spiro atoms. The largest absolute Gasteiger partial charge is 0.479 e. The van der Waals surface area contributed by atoms with Crippen molar-refractivity contribution in [3.63, 3.8) is 0 Å². The summed E-state index contributed by atoms with van der Waals surface area (Å²) in [5.74, 6) is -1.22. The van der Waals surface area contributed by atoms with E-state index in [1.165, 1.54) is 6.92 Å². The highest BCUT2D eigenvalue weighted by atomic mass is 16.4. The lowest BCUT2D eigenvalue weighted by Crippen LogP contribution is -2.45. The van der Waals surface area contributed by atoms with Gasteiger partial charge in [0, 0.05) is 12.6 Å². The van der Waals surface area contributed by atoms with Gasteiger partial charge in [0.2, 0.25) is 0 Å². The molecule has 94 valence electrons. The predicted molar refractivity (Wildman–Crippen MR) is 65.9 cm³/mol. The van der Waals surface area contributed by atoms with Crippen LogP contribution in [0.4, 0.5) is 0 Å². The minimum atomic E-state index is -1.74. The van der Waals surface area contributed by atoms with Crippen LogP contribution in [-0.4, -0.2) is 28.3 Å². The van der Waals surface area contributed by atoms with E-state index < -0.39 is 11.6 Å². The Morgan fingerprint density at radius 1 is 1.53 bits per heavy atom. The Bertz CT molecular complexity index is 401. The first-order valence-corrected chi connectivity index (χ1v) is 5.58. The molecule has 0 aliphatic carbocycles. The molecule has 3 N–H and O–H groups in total. The molecule has 0 saturated heterocycles. The van der Waals surface area contributed by atoms with E-state index in [0.717, 1.165) is 11.1 Å². The molecule has 0 radical (unpaired) electrons. The second kappa shape index (κ2) is 5.29. The Morgan fingerprint density at radius 2 is 2.18 bits per heavy atom. The Labute approximate surface area is 101 Å². The van der Waals surface area contributed by atoms with Crippen molar-refractivity contribution in [2.75, 3.05) is 6.54 Å². The highest BCUT2D eigenvalue weighted by molar-refractivity contribution is 5.76. The van der Waals surface area contributed by atoms with Crippen molar-refractivity contribution in [1.29, 1.82) is 0 Å². The monoisotopic (exact) mass is 237 g/mol. The van der Waals surface area contributed by atoms with Gasteiger partial charge in [-0.15, -0.1) is 0 Å². The van der Waals surface area contributed by atoms with Gasteiger partial charge in [0.05, 0.1) is 0 Å². The summed E-state index contributed by atoms with van der Waals surface area (Å²) < 4.78 is 0. The van der Waals surface area contributed by atoms with Gasteiger partial charge in [-0.25, -0.2) is 4.79 Å². The predicted octanol–water partition coefficient (Wildman–Crippen LogP) is 1.48. The Hall–Kier alpha value is -1.39. The van der Waals surface area contributed by atoms with Crippen LogP contribution in [0.5, 0.6) is 0 Å². The van der Waals surface area contributed by atoms with Crippen LogP contribution < -0.4 is 5.32 Å². The van der Waals surface area contributed by atoms with E-state index in [4.69, 9.17) is 5.11 Å². The number of carbonyl (C=O) groups is 1. The topological polar surface area (TPSA) is 69.6 Å². The van der Waals surface area contributed by atoms with Gasteiger partial charge in [0.25, 0.3) is 0 Å². The van der Waals surface area contributed by atoms with Gasteiger partial charge < -0.3 is 15.5 Å². The van der Waals surface area contributed by atoms with E-state index in [1.807, 2.05) is 38.1 Å². The van der Waals surface area contributed by atoms with Crippen LogP contribution in [0, 0.1) is 6.92 Å². The van der Waals surface area contributed by atoms with E-state index in [1.54, 1.807) is 0 Å². The second-order valence-electron chi connectivity index (χ2n) is 4.60. The summed E-state index contributed by atoms with van der Waals surface area (Å²) >= 11 is 0. The van der Waals surface area contributed by atoms with Gasteiger partial charge in [-0.2, -0.15) is 0 Å². The number of hydrogen-bond donors (Lipinski definition) is 3. The van der Waals surface area contributed by atoms with Crippen molar-refractivity contribution < 1.29 is 15.0 Å². The molecule has 1 aromatic rings. The van der Waals surface area contributed by atoms with Crippen molar-refractivity contribution in [1.82, 2.24) is 5.32 Å². The van der Waals surface area contributed by atoms with Crippen LogP contribution >= 0.6 is 0 Å². The molecule has 1 unspecified atom stereocenters. The third-order valence-electron chi connectivity index (χ3n) is 2.76. The maximum atomic E-state index is 10.7. The number of aliphatic carboxylic acids is 1. The molecular weight excluding hydrogens is 218 g/mol. The number of hydrogen-bond acceptors (Lipinski definition) is 3. The van der Waals surface area contributed by atoms with Gasteiger partial charge >= 0.3 is 5.97 Å². The van der Waals surface area contributed by atoms with Crippen LogP contribution in [0.1, 0.15) is 31.0 Å². The SMILES string of the molecule is Cc1cccc([C@H](C)NCC(C)(O)C(=O)O)c1. The lowest BCUT2D eigenvalue weighted by Gasteiger charge is -2.22. The van der Waals surface area contributed by atoms with Crippen LogP contribution in [0.3, 0.4) is 0 Å². The molecular formula is C13H19NO3. The van der Waals surface area contributed by atoms with Crippen molar-refractivity contribution in [3.8, 4) is 0 Å². The average Bonchev–Trinajstić information content (AvgIpc) is 2.25.